The van der Waals surface area contributed by atoms with Gasteiger partial charge in [-0.1, -0.05) is 26.2 Å². The highest BCUT2D eigenvalue weighted by atomic mass is 16.5. The maximum Gasteiger partial charge on any atom is 0.0963 e. The third-order valence-corrected chi connectivity index (χ3v) is 5.68. The first-order valence-corrected chi connectivity index (χ1v) is 8.31. The summed E-state index contributed by atoms with van der Waals surface area (Å²) < 4.78 is 5.98. The molecule has 3 fully saturated rings. The lowest BCUT2D eigenvalue weighted by Gasteiger charge is -2.41. The van der Waals surface area contributed by atoms with Gasteiger partial charge in [-0.3, -0.25) is 4.90 Å². The number of nitrogens with zero attached hydrogens (tertiary/aromatic N) is 1. The summed E-state index contributed by atoms with van der Waals surface area (Å²) in [7, 11) is 0. The molecular weight excluding hydrogens is 238 g/mol. The van der Waals surface area contributed by atoms with Crippen LogP contribution in [0.25, 0.3) is 0 Å². The van der Waals surface area contributed by atoms with Crippen LogP contribution in [0, 0.1) is 11.8 Å². The Balaban J connectivity index is 1.56. The predicted molar refractivity (Wildman–Crippen MR) is 76.1 cm³/mol. The molecular formula is C16H29NO2. The van der Waals surface area contributed by atoms with Gasteiger partial charge in [-0.05, 0) is 44.1 Å². The zero-order chi connectivity index (χ0) is 13.2. The number of fused-ring (bicyclic) bond motifs is 1. The molecule has 110 valence electrons. The van der Waals surface area contributed by atoms with Gasteiger partial charge < -0.3 is 9.84 Å². The summed E-state index contributed by atoms with van der Waals surface area (Å²) >= 11 is 0. The van der Waals surface area contributed by atoms with Gasteiger partial charge in [-0.2, -0.15) is 0 Å². The summed E-state index contributed by atoms with van der Waals surface area (Å²) in [4.78, 5) is 2.54. The van der Waals surface area contributed by atoms with Crippen molar-refractivity contribution in [2.24, 2.45) is 11.8 Å². The normalized spacial score (nSPS) is 42.0. The molecule has 1 N–H and O–H groups in total. The molecule has 5 unspecified atom stereocenters. The van der Waals surface area contributed by atoms with Gasteiger partial charge in [0, 0.05) is 12.6 Å². The lowest BCUT2D eigenvalue weighted by molar-refractivity contribution is -0.123. The first-order chi connectivity index (χ1) is 9.28. The minimum absolute atomic E-state index is 0.0648. The van der Waals surface area contributed by atoms with Crippen LogP contribution in [0.1, 0.15) is 51.9 Å². The van der Waals surface area contributed by atoms with Gasteiger partial charge in [-0.25, -0.2) is 0 Å². The lowest BCUT2D eigenvalue weighted by Crippen LogP contribution is -2.52. The number of ether oxygens (including phenoxy) is 1. The minimum Gasteiger partial charge on any atom is -0.390 e. The highest BCUT2D eigenvalue weighted by molar-refractivity contribution is 4.90. The molecule has 3 rings (SSSR count). The predicted octanol–water partition coefficient (Wildman–Crippen LogP) is 2.43. The zero-order valence-electron chi connectivity index (χ0n) is 12.3. The fourth-order valence-electron chi connectivity index (χ4n) is 4.37. The van der Waals surface area contributed by atoms with E-state index in [1.807, 2.05) is 0 Å². The van der Waals surface area contributed by atoms with Crippen LogP contribution in [-0.2, 0) is 4.74 Å². The van der Waals surface area contributed by atoms with Gasteiger partial charge in [0.25, 0.3) is 0 Å². The Morgan fingerprint density at radius 2 is 2.16 bits per heavy atom. The van der Waals surface area contributed by atoms with Crippen molar-refractivity contribution >= 4 is 0 Å². The van der Waals surface area contributed by atoms with Gasteiger partial charge in [0.2, 0.25) is 0 Å². The third-order valence-electron chi connectivity index (χ3n) is 5.68. The van der Waals surface area contributed by atoms with E-state index < -0.39 is 0 Å². The van der Waals surface area contributed by atoms with Crippen molar-refractivity contribution in [2.45, 2.75) is 70.1 Å². The lowest BCUT2D eigenvalue weighted by atomic mass is 9.76. The Morgan fingerprint density at radius 1 is 1.26 bits per heavy atom. The van der Waals surface area contributed by atoms with E-state index in [1.54, 1.807) is 0 Å². The molecule has 0 radical (unpaired) electrons. The molecule has 3 heteroatoms. The highest BCUT2D eigenvalue weighted by Gasteiger charge is 2.38. The van der Waals surface area contributed by atoms with Crippen LogP contribution >= 0.6 is 0 Å². The van der Waals surface area contributed by atoms with Gasteiger partial charge >= 0.3 is 0 Å². The molecule has 0 spiro atoms. The van der Waals surface area contributed by atoms with Crippen molar-refractivity contribution in [3.8, 4) is 0 Å². The van der Waals surface area contributed by atoms with E-state index in [2.05, 4.69) is 11.8 Å². The zero-order valence-corrected chi connectivity index (χ0v) is 12.3. The summed E-state index contributed by atoms with van der Waals surface area (Å²) in [5.41, 5.74) is 0. The van der Waals surface area contributed by atoms with E-state index in [-0.39, 0.29) is 12.2 Å². The van der Waals surface area contributed by atoms with Crippen LogP contribution < -0.4 is 0 Å². The molecule has 3 aliphatic rings. The monoisotopic (exact) mass is 267 g/mol. The molecule has 2 saturated heterocycles. The van der Waals surface area contributed by atoms with Gasteiger partial charge in [0.1, 0.15) is 0 Å². The van der Waals surface area contributed by atoms with Crippen LogP contribution in [0.5, 0.6) is 0 Å². The molecule has 2 aliphatic heterocycles. The number of aliphatic hydroxyl groups is 1. The van der Waals surface area contributed by atoms with E-state index in [9.17, 15) is 5.11 Å². The standard InChI is InChI=1S/C16H29NO2/c1-2-12-5-3-6-13(9-12)16(18)15-10-17-8-4-7-14(17)11-19-15/h12-16,18H,2-11H2,1H3. The van der Waals surface area contributed by atoms with Crippen LogP contribution in [0.2, 0.25) is 0 Å². The maximum atomic E-state index is 10.7. The van der Waals surface area contributed by atoms with Gasteiger partial charge in [-0.15, -0.1) is 0 Å². The van der Waals surface area contributed by atoms with Crippen molar-refractivity contribution in [3.05, 3.63) is 0 Å². The molecule has 0 aromatic heterocycles. The first-order valence-electron chi connectivity index (χ1n) is 8.31. The third kappa shape index (κ3) is 2.98. The second kappa shape index (κ2) is 6.11. The average molecular weight is 267 g/mol. The Bertz CT molecular complexity index is 296. The molecule has 1 aliphatic carbocycles. The average Bonchev–Trinajstić information content (AvgIpc) is 2.94. The molecule has 3 nitrogen and oxygen atoms in total. The number of morpholine rings is 1. The summed E-state index contributed by atoms with van der Waals surface area (Å²) in [6.45, 7) is 5.29. The number of rotatable bonds is 3. The van der Waals surface area contributed by atoms with Crippen molar-refractivity contribution in [1.29, 1.82) is 0 Å². The highest BCUT2D eigenvalue weighted by Crippen LogP contribution is 2.35. The summed E-state index contributed by atoms with van der Waals surface area (Å²) in [6.07, 6.45) is 8.73. The van der Waals surface area contributed by atoms with E-state index >= 15 is 0 Å². The first kappa shape index (κ1) is 13.8. The van der Waals surface area contributed by atoms with Crippen molar-refractivity contribution in [3.63, 3.8) is 0 Å². The second-order valence-electron chi connectivity index (χ2n) is 6.85. The van der Waals surface area contributed by atoms with Crippen molar-refractivity contribution < 1.29 is 9.84 Å². The van der Waals surface area contributed by atoms with Gasteiger partial charge in [0.05, 0.1) is 18.8 Å². The topological polar surface area (TPSA) is 32.7 Å². The Kier molecular flexibility index (Phi) is 4.45. The molecule has 0 amide bonds. The Hall–Kier alpha value is -0.120. The smallest absolute Gasteiger partial charge is 0.0963 e. The maximum absolute atomic E-state index is 10.7. The summed E-state index contributed by atoms with van der Waals surface area (Å²) in [6, 6.07) is 0.637. The molecule has 0 bridgehead atoms. The summed E-state index contributed by atoms with van der Waals surface area (Å²) in [5.74, 6) is 1.30. The quantitative estimate of drug-likeness (QED) is 0.852. The molecule has 0 aromatic rings. The number of aliphatic hydroxyl groups excluding tert-OH is 1. The fourth-order valence-corrected chi connectivity index (χ4v) is 4.37. The molecule has 5 atom stereocenters. The van der Waals surface area contributed by atoms with Crippen LogP contribution in [0.4, 0.5) is 0 Å². The van der Waals surface area contributed by atoms with Crippen molar-refractivity contribution in [2.75, 3.05) is 19.7 Å². The largest absolute Gasteiger partial charge is 0.390 e. The number of hydrogen-bond donors (Lipinski definition) is 1. The van der Waals surface area contributed by atoms with E-state index in [1.165, 1.54) is 51.5 Å². The molecule has 2 heterocycles. The molecule has 0 aromatic carbocycles. The SMILES string of the molecule is CCC1CCCC(C(O)C2CN3CCCC3CO2)C1. The second-order valence-corrected chi connectivity index (χ2v) is 6.85. The van der Waals surface area contributed by atoms with E-state index in [0.717, 1.165) is 19.1 Å². The van der Waals surface area contributed by atoms with E-state index in [0.29, 0.717) is 12.0 Å². The Morgan fingerprint density at radius 3 is 3.00 bits per heavy atom. The summed E-state index contributed by atoms with van der Waals surface area (Å²) in [5, 5.41) is 10.7. The van der Waals surface area contributed by atoms with Crippen LogP contribution in [0.15, 0.2) is 0 Å². The molecule has 1 saturated carbocycles. The van der Waals surface area contributed by atoms with Crippen molar-refractivity contribution in [1.82, 2.24) is 4.90 Å². The minimum atomic E-state index is -0.240. The fraction of sp³-hybridized carbons (Fsp3) is 1.00. The van der Waals surface area contributed by atoms with Crippen LogP contribution in [-0.4, -0.2) is 48.0 Å². The number of hydrogen-bond acceptors (Lipinski definition) is 3. The van der Waals surface area contributed by atoms with E-state index in [4.69, 9.17) is 4.74 Å². The Labute approximate surface area is 117 Å². The van der Waals surface area contributed by atoms with Crippen LogP contribution in [0.3, 0.4) is 0 Å². The molecule has 19 heavy (non-hydrogen) atoms. The van der Waals surface area contributed by atoms with Gasteiger partial charge in [0.15, 0.2) is 0 Å².